The van der Waals surface area contributed by atoms with E-state index in [1.165, 1.54) is 27.8 Å². The van der Waals surface area contributed by atoms with Crippen molar-refractivity contribution in [2.75, 3.05) is 0 Å². The van der Waals surface area contributed by atoms with Crippen molar-refractivity contribution in [2.45, 2.75) is 12.8 Å². The molecule has 1 heteroatoms. The van der Waals surface area contributed by atoms with Crippen molar-refractivity contribution in [3.8, 4) is 56.0 Å². The van der Waals surface area contributed by atoms with Gasteiger partial charge in [0.25, 0.3) is 0 Å². The summed E-state index contributed by atoms with van der Waals surface area (Å²) in [4.78, 5) is 0. The predicted molar refractivity (Wildman–Crippen MR) is 161 cm³/mol. The normalized spacial score (nSPS) is 12.1. The number of benzene rings is 4. The van der Waals surface area contributed by atoms with Gasteiger partial charge in [-0.25, -0.2) is 0 Å². The van der Waals surface area contributed by atoms with Gasteiger partial charge in [0.05, 0.1) is 0 Å². The third kappa shape index (κ3) is 4.27. The quantitative estimate of drug-likeness (QED) is 0.230. The molecule has 1 aliphatic carbocycles. The summed E-state index contributed by atoms with van der Waals surface area (Å²) in [6.07, 6.45) is 6.44. The van der Waals surface area contributed by atoms with Crippen LogP contribution in [0.3, 0.4) is 0 Å². The van der Waals surface area contributed by atoms with Gasteiger partial charge in [-0.15, -0.1) is 0 Å². The molecule has 1 nitrogen and oxygen atoms in total. The Morgan fingerprint density at radius 3 is 2.10 bits per heavy atom. The van der Waals surface area contributed by atoms with Gasteiger partial charge < -0.3 is 4.42 Å². The van der Waals surface area contributed by atoms with Gasteiger partial charge in [0, 0.05) is 33.4 Å². The van der Waals surface area contributed by atoms with Gasteiger partial charge in [-0.2, -0.15) is 0 Å². The van der Waals surface area contributed by atoms with Crippen molar-refractivity contribution in [1.29, 1.82) is 0 Å². The number of rotatable bonds is 5. The van der Waals surface area contributed by atoms with Crippen molar-refractivity contribution < 1.29 is 4.42 Å². The summed E-state index contributed by atoms with van der Waals surface area (Å²) < 4.78 is 6.91. The topological polar surface area (TPSA) is 13.1 Å². The summed E-state index contributed by atoms with van der Waals surface area (Å²) >= 11 is 0. The average molecular weight is 499 g/mol. The molecule has 0 fully saturated rings. The monoisotopic (exact) mass is 498 g/mol. The van der Waals surface area contributed by atoms with E-state index in [-0.39, 0.29) is 0 Å². The van der Waals surface area contributed by atoms with Gasteiger partial charge in [-0.05, 0) is 53.3 Å². The molecule has 0 spiro atoms. The molecule has 7 rings (SSSR count). The number of hydrogen-bond donors (Lipinski definition) is 0. The molecule has 1 aromatic heterocycles. The van der Waals surface area contributed by atoms with Crippen LogP contribution in [0.4, 0.5) is 0 Å². The number of allylic oxidation sites excluding steroid dienone is 1. The highest BCUT2D eigenvalue weighted by Crippen LogP contribution is 2.46. The standard InChI is InChI=1S/C38H26O/c1-4-14-27(15-5-1)30-20-12-21-31(26-30)37-33-22-10-11-23-34(33)38(39-37)35-25-13-24-32(28-16-6-2-7-17-28)36(35)29-18-8-3-9-19-29/h1-8,10,12-18,20-22,24-26H,11,23H2. The minimum atomic E-state index is 0.924. The predicted octanol–water partition coefficient (Wildman–Crippen LogP) is 10.2. The van der Waals surface area contributed by atoms with Gasteiger partial charge in [0.1, 0.15) is 11.5 Å². The summed E-state index contributed by atoms with van der Waals surface area (Å²) in [6, 6.07) is 48.8. The zero-order chi connectivity index (χ0) is 26.0. The van der Waals surface area contributed by atoms with Gasteiger partial charge in [0.2, 0.25) is 0 Å². The van der Waals surface area contributed by atoms with Crippen molar-refractivity contribution >= 4 is 6.08 Å². The fourth-order valence-electron chi connectivity index (χ4n) is 5.62. The van der Waals surface area contributed by atoms with Crippen LogP contribution in [0.2, 0.25) is 0 Å². The SMILES string of the molecule is c1cccc(-c2c(-c3ccccc3)cccc2-c2oc(-c3cccc(-c4ccccc4)c3)c3c2CCC=C3)c#1. The van der Waals surface area contributed by atoms with E-state index in [0.29, 0.717) is 0 Å². The van der Waals surface area contributed by atoms with E-state index < -0.39 is 0 Å². The highest BCUT2D eigenvalue weighted by Gasteiger charge is 2.25. The molecular weight excluding hydrogens is 472 g/mol. The second-order valence-corrected chi connectivity index (χ2v) is 9.84. The van der Waals surface area contributed by atoms with Crippen LogP contribution in [-0.2, 0) is 6.42 Å². The van der Waals surface area contributed by atoms with Crippen molar-refractivity contribution in [1.82, 2.24) is 0 Å². The lowest BCUT2D eigenvalue weighted by atomic mass is 9.87. The smallest absolute Gasteiger partial charge is 0.142 e. The van der Waals surface area contributed by atoms with Crippen LogP contribution >= 0.6 is 0 Å². The van der Waals surface area contributed by atoms with E-state index in [1.807, 2.05) is 12.1 Å². The maximum absolute atomic E-state index is 6.91. The van der Waals surface area contributed by atoms with E-state index >= 15 is 0 Å². The molecule has 0 aliphatic heterocycles. The maximum atomic E-state index is 6.91. The Hall–Kier alpha value is -5.06. The van der Waals surface area contributed by atoms with Crippen molar-refractivity contribution in [2.24, 2.45) is 0 Å². The summed E-state index contributed by atoms with van der Waals surface area (Å²) in [5.74, 6) is 1.87. The van der Waals surface area contributed by atoms with E-state index in [9.17, 15) is 0 Å². The first-order valence-electron chi connectivity index (χ1n) is 13.4. The second kappa shape index (κ2) is 10.0. The Morgan fingerprint density at radius 2 is 1.31 bits per heavy atom. The molecule has 0 radical (unpaired) electrons. The van der Waals surface area contributed by atoms with Gasteiger partial charge >= 0.3 is 0 Å². The molecular formula is C38H26O. The molecule has 184 valence electrons. The second-order valence-electron chi connectivity index (χ2n) is 9.84. The lowest BCUT2D eigenvalue weighted by molar-refractivity contribution is 0.594. The Bertz CT molecular complexity index is 1770. The van der Waals surface area contributed by atoms with Crippen LogP contribution in [0, 0.1) is 12.1 Å². The van der Waals surface area contributed by atoms with Crippen LogP contribution in [0.1, 0.15) is 17.5 Å². The Balaban J connectivity index is 1.45. The first-order valence-corrected chi connectivity index (χ1v) is 13.4. The summed E-state index contributed by atoms with van der Waals surface area (Å²) in [5.41, 5.74) is 11.5. The van der Waals surface area contributed by atoms with Crippen LogP contribution in [0.25, 0.3) is 62.1 Å². The number of hydrogen-bond acceptors (Lipinski definition) is 1. The van der Waals surface area contributed by atoms with E-state index in [2.05, 4.69) is 133 Å². The van der Waals surface area contributed by atoms with Gasteiger partial charge in [-0.1, -0.05) is 127 Å². The minimum absolute atomic E-state index is 0.924. The molecule has 0 atom stereocenters. The maximum Gasteiger partial charge on any atom is 0.142 e. The summed E-state index contributed by atoms with van der Waals surface area (Å²) in [6.45, 7) is 0. The first kappa shape index (κ1) is 23.1. The average Bonchev–Trinajstić information content (AvgIpc) is 3.42. The highest BCUT2D eigenvalue weighted by molar-refractivity contribution is 5.95. The molecule has 1 aliphatic rings. The Labute approximate surface area is 229 Å². The molecule has 0 saturated carbocycles. The summed E-state index contributed by atoms with van der Waals surface area (Å²) in [5, 5.41) is 0. The zero-order valence-corrected chi connectivity index (χ0v) is 21.5. The van der Waals surface area contributed by atoms with Crippen molar-refractivity contribution in [3.63, 3.8) is 0 Å². The van der Waals surface area contributed by atoms with Crippen molar-refractivity contribution in [3.05, 3.63) is 151 Å². The largest absolute Gasteiger partial charge is 0.455 e. The van der Waals surface area contributed by atoms with E-state index in [4.69, 9.17) is 4.42 Å². The van der Waals surface area contributed by atoms with Crippen LogP contribution in [0.5, 0.6) is 0 Å². The third-order valence-corrected chi connectivity index (χ3v) is 7.44. The van der Waals surface area contributed by atoms with Crippen LogP contribution < -0.4 is 0 Å². The lowest BCUT2D eigenvalue weighted by Gasteiger charge is -2.15. The lowest BCUT2D eigenvalue weighted by Crippen LogP contribution is -1.95. The minimum Gasteiger partial charge on any atom is -0.455 e. The molecule has 39 heavy (non-hydrogen) atoms. The first-order chi connectivity index (χ1) is 19.4. The number of furan rings is 1. The molecule has 6 aromatic rings. The molecule has 0 bridgehead atoms. The fraction of sp³-hybridized carbons (Fsp3) is 0.0526. The molecule has 1 heterocycles. The Morgan fingerprint density at radius 1 is 0.590 bits per heavy atom. The Kier molecular flexibility index (Phi) is 5.93. The number of fused-ring (bicyclic) bond motifs is 1. The van der Waals surface area contributed by atoms with Gasteiger partial charge in [0.15, 0.2) is 0 Å². The third-order valence-electron chi connectivity index (χ3n) is 7.44. The fourth-order valence-corrected chi connectivity index (χ4v) is 5.62. The van der Waals surface area contributed by atoms with Crippen LogP contribution in [-0.4, -0.2) is 0 Å². The summed E-state index contributed by atoms with van der Waals surface area (Å²) in [7, 11) is 0. The molecule has 0 N–H and O–H groups in total. The zero-order valence-electron chi connectivity index (χ0n) is 21.5. The highest BCUT2D eigenvalue weighted by atomic mass is 16.3. The molecule has 5 aromatic carbocycles. The molecule has 0 saturated heterocycles. The molecule has 0 amide bonds. The van der Waals surface area contributed by atoms with Crippen LogP contribution in [0.15, 0.2) is 132 Å². The van der Waals surface area contributed by atoms with Gasteiger partial charge in [-0.3, -0.25) is 0 Å². The van der Waals surface area contributed by atoms with E-state index in [1.54, 1.807) is 0 Å². The van der Waals surface area contributed by atoms with E-state index in [0.717, 1.165) is 52.2 Å². The molecule has 0 unspecified atom stereocenters.